The molecule has 0 bridgehead atoms. The molecule has 68 valence electrons. The van der Waals surface area contributed by atoms with E-state index in [1.54, 1.807) is 6.92 Å². The van der Waals surface area contributed by atoms with Gasteiger partial charge in [0.1, 0.15) is 0 Å². The molecule has 2 atom stereocenters. The first-order valence-electron chi connectivity index (χ1n) is 3.24. The Morgan fingerprint density at radius 3 is 2.27 bits per heavy atom. The van der Waals surface area contributed by atoms with Crippen LogP contribution in [-0.4, -0.2) is 33.4 Å². The molecule has 0 radical (unpaired) electrons. The van der Waals surface area contributed by atoms with Crippen molar-refractivity contribution in [3.05, 3.63) is 0 Å². The highest BCUT2D eigenvalue weighted by Gasteiger charge is 2.31. The summed E-state index contributed by atoms with van der Waals surface area (Å²) in [5.74, 6) is -1.72. The van der Waals surface area contributed by atoms with Crippen molar-refractivity contribution >= 4 is 7.60 Å². The third kappa shape index (κ3) is 3.84. The molecule has 3 N–H and O–H groups in total. The Kier molecular flexibility index (Phi) is 4.21. The molecule has 0 spiro atoms. The lowest BCUT2D eigenvalue weighted by molar-refractivity contribution is 0.00388. The van der Waals surface area contributed by atoms with Crippen LogP contribution in [0, 0.1) is 0 Å². The molecule has 0 rings (SSSR count). The van der Waals surface area contributed by atoms with Crippen molar-refractivity contribution in [1.29, 1.82) is 0 Å². The van der Waals surface area contributed by atoms with E-state index in [1.807, 2.05) is 0 Å². The SMILES string of the molecule is CCO[C@@H](C)[C@H](O)P(=O)(O)O. The maximum absolute atomic E-state index is 10.4. The molecule has 5 nitrogen and oxygen atoms in total. The average molecular weight is 184 g/mol. The normalized spacial score (nSPS) is 17.9. The molecule has 0 heterocycles. The zero-order valence-corrected chi connectivity index (χ0v) is 7.36. The summed E-state index contributed by atoms with van der Waals surface area (Å²) < 4.78 is 15.2. The van der Waals surface area contributed by atoms with E-state index in [0.717, 1.165) is 0 Å². The van der Waals surface area contributed by atoms with Crippen molar-refractivity contribution in [2.75, 3.05) is 6.61 Å². The Labute approximate surface area is 65.2 Å². The van der Waals surface area contributed by atoms with Crippen LogP contribution in [0.4, 0.5) is 0 Å². The van der Waals surface area contributed by atoms with Gasteiger partial charge in [-0.1, -0.05) is 0 Å². The zero-order valence-electron chi connectivity index (χ0n) is 6.47. The van der Waals surface area contributed by atoms with Crippen LogP contribution in [0.1, 0.15) is 13.8 Å². The second-order valence-electron chi connectivity index (χ2n) is 2.16. The fourth-order valence-corrected chi connectivity index (χ4v) is 1.26. The van der Waals surface area contributed by atoms with Gasteiger partial charge in [0.2, 0.25) is 0 Å². The van der Waals surface area contributed by atoms with Gasteiger partial charge in [-0.3, -0.25) is 4.57 Å². The van der Waals surface area contributed by atoms with E-state index in [9.17, 15) is 4.57 Å². The maximum Gasteiger partial charge on any atom is 0.356 e. The molecule has 6 heteroatoms. The Balaban J connectivity index is 4.02. The Bertz CT molecular complexity index is 153. The number of hydrogen-bond donors (Lipinski definition) is 3. The average Bonchev–Trinajstić information content (AvgIpc) is 1.85. The quantitative estimate of drug-likeness (QED) is 0.531. The fourth-order valence-electron chi connectivity index (χ4n) is 0.622. The summed E-state index contributed by atoms with van der Waals surface area (Å²) in [5, 5.41) is 8.90. The minimum Gasteiger partial charge on any atom is -0.378 e. The van der Waals surface area contributed by atoms with Gasteiger partial charge in [-0.15, -0.1) is 0 Å². The highest BCUT2D eigenvalue weighted by molar-refractivity contribution is 7.52. The zero-order chi connectivity index (χ0) is 9.07. The van der Waals surface area contributed by atoms with Crippen LogP contribution in [0.25, 0.3) is 0 Å². The molecule has 0 aliphatic heterocycles. The smallest absolute Gasteiger partial charge is 0.356 e. The number of rotatable bonds is 4. The first kappa shape index (κ1) is 11.1. The minimum atomic E-state index is -4.41. The predicted octanol–water partition coefficient (Wildman–Crippen LogP) is -0.0925. The maximum atomic E-state index is 10.4. The van der Waals surface area contributed by atoms with E-state index in [0.29, 0.717) is 6.61 Å². The monoisotopic (exact) mass is 184 g/mol. The largest absolute Gasteiger partial charge is 0.378 e. The Morgan fingerprint density at radius 2 is 2.00 bits per heavy atom. The second kappa shape index (κ2) is 4.18. The summed E-state index contributed by atoms with van der Waals surface area (Å²) in [7, 11) is -4.41. The topological polar surface area (TPSA) is 87.0 Å². The van der Waals surface area contributed by atoms with Gasteiger partial charge in [-0.2, -0.15) is 0 Å². The molecule has 0 aromatic rings. The van der Waals surface area contributed by atoms with E-state index < -0.39 is 19.5 Å². The lowest BCUT2D eigenvalue weighted by Gasteiger charge is -2.19. The van der Waals surface area contributed by atoms with Gasteiger partial charge in [0, 0.05) is 6.61 Å². The third-order valence-electron chi connectivity index (χ3n) is 1.19. The van der Waals surface area contributed by atoms with Crippen LogP contribution in [0.5, 0.6) is 0 Å². The van der Waals surface area contributed by atoms with Crippen molar-refractivity contribution in [2.45, 2.75) is 25.8 Å². The third-order valence-corrected chi connectivity index (χ3v) is 2.30. The van der Waals surface area contributed by atoms with Crippen molar-refractivity contribution in [1.82, 2.24) is 0 Å². The van der Waals surface area contributed by atoms with Crippen molar-refractivity contribution in [3.63, 3.8) is 0 Å². The van der Waals surface area contributed by atoms with E-state index >= 15 is 0 Å². The van der Waals surface area contributed by atoms with Crippen LogP contribution >= 0.6 is 7.60 Å². The van der Waals surface area contributed by atoms with Crippen molar-refractivity contribution in [2.24, 2.45) is 0 Å². The molecular formula is C5H13O5P. The number of ether oxygens (including phenoxy) is 1. The van der Waals surface area contributed by atoms with Crippen LogP contribution in [0.2, 0.25) is 0 Å². The van der Waals surface area contributed by atoms with Crippen LogP contribution in [0.3, 0.4) is 0 Å². The summed E-state index contributed by atoms with van der Waals surface area (Å²) in [6.45, 7) is 3.41. The summed E-state index contributed by atoms with van der Waals surface area (Å²) in [6, 6.07) is 0. The molecule has 11 heavy (non-hydrogen) atoms. The highest BCUT2D eigenvalue weighted by Crippen LogP contribution is 2.41. The van der Waals surface area contributed by atoms with E-state index in [2.05, 4.69) is 0 Å². The molecule has 0 saturated carbocycles. The van der Waals surface area contributed by atoms with Gasteiger partial charge in [-0.05, 0) is 13.8 Å². The molecule has 0 amide bonds. The lowest BCUT2D eigenvalue weighted by atomic mass is 10.4. The molecule has 0 aliphatic carbocycles. The molecule has 0 aliphatic rings. The lowest BCUT2D eigenvalue weighted by Crippen LogP contribution is -2.25. The van der Waals surface area contributed by atoms with Crippen LogP contribution < -0.4 is 0 Å². The summed E-state index contributed by atoms with van der Waals surface area (Å²) in [4.78, 5) is 16.9. The summed E-state index contributed by atoms with van der Waals surface area (Å²) in [6.07, 6.45) is -0.833. The van der Waals surface area contributed by atoms with Gasteiger partial charge in [0.05, 0.1) is 6.10 Å². The van der Waals surface area contributed by atoms with Crippen LogP contribution in [-0.2, 0) is 9.30 Å². The number of aliphatic hydroxyl groups is 1. The summed E-state index contributed by atoms with van der Waals surface area (Å²) in [5.41, 5.74) is 0. The van der Waals surface area contributed by atoms with Gasteiger partial charge in [-0.25, -0.2) is 0 Å². The standard InChI is InChI=1S/C5H13O5P/c1-3-10-4(2)5(6)11(7,8)9/h4-6H,3H2,1-2H3,(H2,7,8,9)/t4-,5+/m0/s1. The highest BCUT2D eigenvalue weighted by atomic mass is 31.2. The summed E-state index contributed by atoms with van der Waals surface area (Å²) >= 11 is 0. The molecule has 0 saturated heterocycles. The number of hydrogen-bond acceptors (Lipinski definition) is 3. The van der Waals surface area contributed by atoms with Crippen molar-refractivity contribution < 1.29 is 24.2 Å². The first-order chi connectivity index (χ1) is 4.89. The Hall–Kier alpha value is 0.0700. The molecule has 0 fully saturated rings. The number of aliphatic hydroxyl groups excluding tert-OH is 1. The van der Waals surface area contributed by atoms with Gasteiger partial charge in [0.15, 0.2) is 5.85 Å². The first-order valence-corrected chi connectivity index (χ1v) is 4.92. The predicted molar refractivity (Wildman–Crippen MR) is 39.1 cm³/mol. The fraction of sp³-hybridized carbons (Fsp3) is 1.00. The van der Waals surface area contributed by atoms with Crippen LogP contribution in [0.15, 0.2) is 0 Å². The molecule has 0 unspecified atom stereocenters. The minimum absolute atomic E-state index is 0.318. The van der Waals surface area contributed by atoms with Gasteiger partial charge >= 0.3 is 7.60 Å². The Morgan fingerprint density at radius 1 is 1.55 bits per heavy atom. The molecule has 0 aromatic heterocycles. The molecule has 0 aromatic carbocycles. The second-order valence-corrected chi connectivity index (χ2v) is 3.87. The van der Waals surface area contributed by atoms with Gasteiger partial charge < -0.3 is 19.6 Å². The van der Waals surface area contributed by atoms with E-state index in [1.165, 1.54) is 6.92 Å². The van der Waals surface area contributed by atoms with Gasteiger partial charge in [0.25, 0.3) is 0 Å². The van der Waals surface area contributed by atoms with E-state index in [4.69, 9.17) is 19.6 Å². The van der Waals surface area contributed by atoms with E-state index in [-0.39, 0.29) is 0 Å². The van der Waals surface area contributed by atoms with Crippen molar-refractivity contribution in [3.8, 4) is 0 Å². The molecular weight excluding hydrogens is 171 g/mol.